The number of aromatic nitrogens is 3. The molecule has 1 aliphatic heterocycles. The summed E-state index contributed by atoms with van der Waals surface area (Å²) in [5.41, 5.74) is 8.08. The molecule has 7 nitrogen and oxygen atoms in total. The fourth-order valence-electron chi connectivity index (χ4n) is 4.09. The number of aryl methyl sites for hydroxylation is 1. The number of pyridine rings is 1. The number of carbonyl (C=O) groups excluding carboxylic acids is 1. The van der Waals surface area contributed by atoms with Crippen molar-refractivity contribution in [1.82, 2.24) is 14.8 Å². The van der Waals surface area contributed by atoms with Crippen LogP contribution in [0.4, 0.5) is 15.9 Å². The SMILES string of the molecule is Cn1ncc(NC(=O)c2ccc(F)c(C3=CCCC3)n2)c1N1CCCC(N)CC1. The van der Waals surface area contributed by atoms with Gasteiger partial charge in [0.05, 0.1) is 6.20 Å². The largest absolute Gasteiger partial charge is 0.355 e. The molecule has 0 spiro atoms. The first-order valence-electron chi connectivity index (χ1n) is 10.2. The Morgan fingerprint density at radius 1 is 1.28 bits per heavy atom. The lowest BCUT2D eigenvalue weighted by atomic mass is 10.1. The van der Waals surface area contributed by atoms with Gasteiger partial charge in [-0.25, -0.2) is 9.37 Å². The maximum atomic E-state index is 14.2. The molecule has 3 heterocycles. The molecule has 1 atom stereocenters. The standard InChI is InChI=1S/C21H27FN6O/c1-27-21(28-11-4-7-15(23)10-12-28)18(13-24-27)26-20(29)17-9-8-16(22)19(25-17)14-5-2-3-6-14/h5,8-9,13,15H,2-4,6-7,10-12,23H2,1H3,(H,26,29). The van der Waals surface area contributed by atoms with Crippen LogP contribution in [0.2, 0.25) is 0 Å². The normalized spacial score (nSPS) is 19.8. The van der Waals surface area contributed by atoms with Crippen molar-refractivity contribution in [3.05, 3.63) is 41.6 Å². The van der Waals surface area contributed by atoms with Crippen molar-refractivity contribution in [2.45, 2.75) is 44.6 Å². The van der Waals surface area contributed by atoms with E-state index in [0.717, 1.165) is 63.0 Å². The first-order chi connectivity index (χ1) is 14.0. The summed E-state index contributed by atoms with van der Waals surface area (Å²) in [7, 11) is 1.86. The lowest BCUT2D eigenvalue weighted by molar-refractivity contribution is 0.102. The van der Waals surface area contributed by atoms with Crippen LogP contribution in [0.15, 0.2) is 24.4 Å². The highest BCUT2D eigenvalue weighted by Gasteiger charge is 2.23. The lowest BCUT2D eigenvalue weighted by Gasteiger charge is -2.24. The Balaban J connectivity index is 1.56. The number of amides is 1. The number of nitrogens with zero attached hydrogens (tertiary/aromatic N) is 4. The predicted octanol–water partition coefficient (Wildman–Crippen LogP) is 3.09. The van der Waals surface area contributed by atoms with Crippen molar-refractivity contribution >= 4 is 23.0 Å². The quantitative estimate of drug-likeness (QED) is 0.826. The van der Waals surface area contributed by atoms with Gasteiger partial charge >= 0.3 is 0 Å². The van der Waals surface area contributed by atoms with Crippen molar-refractivity contribution in [1.29, 1.82) is 0 Å². The molecule has 1 saturated heterocycles. The smallest absolute Gasteiger partial charge is 0.274 e. The van der Waals surface area contributed by atoms with Gasteiger partial charge in [-0.1, -0.05) is 6.08 Å². The molecule has 1 fully saturated rings. The molecule has 8 heteroatoms. The zero-order valence-corrected chi connectivity index (χ0v) is 16.7. The van der Waals surface area contributed by atoms with Crippen molar-refractivity contribution < 1.29 is 9.18 Å². The van der Waals surface area contributed by atoms with Gasteiger partial charge in [-0.3, -0.25) is 9.48 Å². The molecule has 4 rings (SSSR count). The summed E-state index contributed by atoms with van der Waals surface area (Å²) in [5.74, 6) is 0.0941. The third-order valence-corrected chi connectivity index (χ3v) is 5.65. The summed E-state index contributed by atoms with van der Waals surface area (Å²) >= 11 is 0. The zero-order chi connectivity index (χ0) is 20.4. The second-order valence-electron chi connectivity index (χ2n) is 7.79. The van der Waals surface area contributed by atoms with E-state index in [1.807, 2.05) is 13.1 Å². The molecule has 0 radical (unpaired) electrons. The monoisotopic (exact) mass is 398 g/mol. The van der Waals surface area contributed by atoms with E-state index < -0.39 is 5.82 Å². The van der Waals surface area contributed by atoms with Crippen molar-refractivity contribution in [3.63, 3.8) is 0 Å². The second-order valence-corrected chi connectivity index (χ2v) is 7.79. The van der Waals surface area contributed by atoms with Crippen LogP contribution >= 0.6 is 0 Å². The van der Waals surface area contributed by atoms with E-state index >= 15 is 0 Å². The molecular weight excluding hydrogens is 371 g/mol. The van der Waals surface area contributed by atoms with Gasteiger partial charge in [0.25, 0.3) is 5.91 Å². The van der Waals surface area contributed by atoms with E-state index in [1.165, 1.54) is 12.1 Å². The minimum absolute atomic E-state index is 0.196. The summed E-state index contributed by atoms with van der Waals surface area (Å²) < 4.78 is 16.0. The highest BCUT2D eigenvalue weighted by atomic mass is 19.1. The van der Waals surface area contributed by atoms with Gasteiger partial charge in [0.15, 0.2) is 5.82 Å². The Morgan fingerprint density at radius 2 is 2.14 bits per heavy atom. The molecule has 3 N–H and O–H groups in total. The molecule has 2 aromatic rings. The zero-order valence-electron chi connectivity index (χ0n) is 16.7. The van der Waals surface area contributed by atoms with Crippen LogP contribution in [0.25, 0.3) is 5.57 Å². The van der Waals surface area contributed by atoms with Crippen LogP contribution in [-0.2, 0) is 7.05 Å². The van der Waals surface area contributed by atoms with Crippen LogP contribution in [-0.4, -0.2) is 39.8 Å². The summed E-state index contributed by atoms with van der Waals surface area (Å²) in [6.45, 7) is 1.68. The van der Waals surface area contributed by atoms with E-state index in [2.05, 4.69) is 20.3 Å². The molecule has 1 amide bonds. The Bertz CT molecular complexity index is 937. The van der Waals surface area contributed by atoms with Crippen LogP contribution in [0.5, 0.6) is 0 Å². The van der Waals surface area contributed by atoms with Crippen LogP contribution in [0.3, 0.4) is 0 Å². The summed E-state index contributed by atoms with van der Waals surface area (Å²) in [5, 5.41) is 7.24. The van der Waals surface area contributed by atoms with E-state index in [4.69, 9.17) is 5.73 Å². The van der Waals surface area contributed by atoms with Crippen LogP contribution in [0.1, 0.15) is 54.7 Å². The Morgan fingerprint density at radius 3 is 2.93 bits per heavy atom. The average molecular weight is 398 g/mol. The topological polar surface area (TPSA) is 89.1 Å². The molecule has 1 aliphatic carbocycles. The summed E-state index contributed by atoms with van der Waals surface area (Å²) in [6, 6.07) is 2.94. The number of nitrogens with one attached hydrogen (secondary N) is 1. The molecule has 2 aliphatic rings. The number of carbonyl (C=O) groups is 1. The predicted molar refractivity (Wildman–Crippen MR) is 111 cm³/mol. The van der Waals surface area contributed by atoms with Gasteiger partial charge in [-0.15, -0.1) is 0 Å². The fraction of sp³-hybridized carbons (Fsp3) is 0.476. The lowest BCUT2D eigenvalue weighted by Crippen LogP contribution is -2.29. The minimum atomic E-state index is -0.391. The number of hydrogen-bond acceptors (Lipinski definition) is 5. The molecule has 1 unspecified atom stereocenters. The number of anilines is 2. The first kappa shape index (κ1) is 19.6. The van der Waals surface area contributed by atoms with Gasteiger partial charge in [0.2, 0.25) is 0 Å². The van der Waals surface area contributed by atoms with Gasteiger partial charge < -0.3 is 16.0 Å². The third kappa shape index (κ3) is 4.17. The molecule has 29 heavy (non-hydrogen) atoms. The first-order valence-corrected chi connectivity index (χ1v) is 10.2. The number of nitrogens with two attached hydrogens (primary N) is 1. The number of rotatable bonds is 4. The second kappa shape index (κ2) is 8.32. The summed E-state index contributed by atoms with van der Waals surface area (Å²) in [4.78, 5) is 19.4. The molecule has 154 valence electrons. The van der Waals surface area contributed by atoms with Gasteiger partial charge in [0, 0.05) is 26.2 Å². The van der Waals surface area contributed by atoms with Crippen molar-refractivity contribution in [3.8, 4) is 0 Å². The molecule has 0 saturated carbocycles. The van der Waals surface area contributed by atoms with Crippen molar-refractivity contribution in [2.75, 3.05) is 23.3 Å². The highest BCUT2D eigenvalue weighted by molar-refractivity contribution is 6.04. The summed E-state index contributed by atoms with van der Waals surface area (Å²) in [6.07, 6.45) is 9.23. The van der Waals surface area contributed by atoms with Gasteiger partial charge in [-0.05, 0) is 56.2 Å². The maximum Gasteiger partial charge on any atom is 0.274 e. The fourth-order valence-corrected chi connectivity index (χ4v) is 4.09. The Hall–Kier alpha value is -2.74. The van der Waals surface area contributed by atoms with Crippen LogP contribution < -0.4 is 16.0 Å². The number of allylic oxidation sites excluding steroid dienone is 2. The van der Waals surface area contributed by atoms with E-state index in [1.54, 1.807) is 10.9 Å². The van der Waals surface area contributed by atoms with E-state index in [0.29, 0.717) is 5.69 Å². The average Bonchev–Trinajstić information content (AvgIpc) is 3.30. The van der Waals surface area contributed by atoms with Gasteiger partial charge in [0.1, 0.15) is 22.9 Å². The Kier molecular flexibility index (Phi) is 5.62. The molecule has 0 aromatic carbocycles. The van der Waals surface area contributed by atoms with Gasteiger partial charge in [-0.2, -0.15) is 5.10 Å². The Labute approximate surface area is 169 Å². The minimum Gasteiger partial charge on any atom is -0.355 e. The maximum absolute atomic E-state index is 14.2. The third-order valence-electron chi connectivity index (χ3n) is 5.65. The van der Waals surface area contributed by atoms with Crippen molar-refractivity contribution in [2.24, 2.45) is 12.8 Å². The highest BCUT2D eigenvalue weighted by Crippen LogP contribution is 2.30. The van der Waals surface area contributed by atoms with Crippen LogP contribution in [0, 0.1) is 5.82 Å². The number of hydrogen-bond donors (Lipinski definition) is 2. The molecule has 2 aromatic heterocycles. The van der Waals surface area contributed by atoms with E-state index in [-0.39, 0.29) is 23.3 Å². The molecular formula is C21H27FN6O. The molecule has 0 bridgehead atoms. The number of halogens is 1. The van der Waals surface area contributed by atoms with E-state index in [9.17, 15) is 9.18 Å².